The predicted molar refractivity (Wildman–Crippen MR) is 94.7 cm³/mol. The van der Waals surface area contributed by atoms with Gasteiger partial charge in [0.25, 0.3) is 11.5 Å². The summed E-state index contributed by atoms with van der Waals surface area (Å²) in [5, 5.41) is 3.29. The van der Waals surface area contributed by atoms with Crippen LogP contribution in [0, 0.1) is 13.8 Å². The third-order valence-corrected chi connectivity index (χ3v) is 3.97. The summed E-state index contributed by atoms with van der Waals surface area (Å²) in [4.78, 5) is 30.6. The number of nitrogens with zero attached hydrogens (tertiary/aromatic N) is 1. The summed E-state index contributed by atoms with van der Waals surface area (Å²) in [6, 6.07) is 10.3. The standard InChI is InChI=1S/C18H16ClN3O3/c1-10-14(8-16(25-10)13-5-3-4-6-15(13)19)18(24)20-9-12-7-17(23)22-11(2)21-12/h3-8H,9H2,1-2H3,(H,20,24)(H,21,22,23). The number of amides is 1. The van der Waals surface area contributed by atoms with Gasteiger partial charge in [-0.05, 0) is 32.0 Å². The zero-order chi connectivity index (χ0) is 18.0. The third-order valence-electron chi connectivity index (χ3n) is 3.64. The van der Waals surface area contributed by atoms with Gasteiger partial charge in [-0.1, -0.05) is 23.7 Å². The molecule has 6 nitrogen and oxygen atoms in total. The number of aromatic nitrogens is 2. The van der Waals surface area contributed by atoms with Crippen LogP contribution in [0.1, 0.15) is 27.6 Å². The Bertz CT molecular complexity index is 991. The average molecular weight is 358 g/mol. The highest BCUT2D eigenvalue weighted by molar-refractivity contribution is 6.33. The molecule has 3 rings (SSSR count). The number of halogens is 1. The molecule has 128 valence electrons. The first-order valence-corrected chi connectivity index (χ1v) is 8.02. The number of carbonyl (C=O) groups excluding carboxylic acids is 1. The lowest BCUT2D eigenvalue weighted by atomic mass is 10.1. The Balaban J connectivity index is 1.79. The molecule has 0 bridgehead atoms. The van der Waals surface area contributed by atoms with Gasteiger partial charge in [-0.15, -0.1) is 0 Å². The highest BCUT2D eigenvalue weighted by Crippen LogP contribution is 2.30. The maximum absolute atomic E-state index is 12.4. The molecular weight excluding hydrogens is 342 g/mol. The predicted octanol–water partition coefficient (Wildman–Crippen LogP) is 3.23. The van der Waals surface area contributed by atoms with E-state index in [0.29, 0.717) is 33.6 Å². The van der Waals surface area contributed by atoms with E-state index in [1.165, 1.54) is 6.07 Å². The first-order chi connectivity index (χ1) is 11.9. The lowest BCUT2D eigenvalue weighted by molar-refractivity contribution is 0.0949. The van der Waals surface area contributed by atoms with Crippen LogP contribution in [-0.4, -0.2) is 15.9 Å². The van der Waals surface area contributed by atoms with Crippen LogP contribution in [0.4, 0.5) is 0 Å². The van der Waals surface area contributed by atoms with Crippen molar-refractivity contribution in [1.29, 1.82) is 0 Å². The molecule has 0 fully saturated rings. The van der Waals surface area contributed by atoms with E-state index in [-0.39, 0.29) is 18.0 Å². The number of carbonyl (C=O) groups is 1. The lowest BCUT2D eigenvalue weighted by Crippen LogP contribution is -2.25. The summed E-state index contributed by atoms with van der Waals surface area (Å²) in [6.45, 7) is 3.54. The molecule has 2 N–H and O–H groups in total. The summed E-state index contributed by atoms with van der Waals surface area (Å²) in [7, 11) is 0. The van der Waals surface area contributed by atoms with Crippen molar-refractivity contribution in [3.63, 3.8) is 0 Å². The molecule has 0 unspecified atom stereocenters. The number of benzene rings is 1. The largest absolute Gasteiger partial charge is 0.460 e. The number of nitrogens with one attached hydrogen (secondary N) is 2. The SMILES string of the molecule is Cc1nc(CNC(=O)c2cc(-c3ccccc3Cl)oc2C)cc(=O)[nH]1. The van der Waals surface area contributed by atoms with Gasteiger partial charge >= 0.3 is 0 Å². The minimum absolute atomic E-state index is 0.148. The van der Waals surface area contributed by atoms with Crippen molar-refractivity contribution >= 4 is 17.5 Å². The van der Waals surface area contributed by atoms with Gasteiger partial charge in [0.2, 0.25) is 0 Å². The highest BCUT2D eigenvalue weighted by Gasteiger charge is 2.17. The van der Waals surface area contributed by atoms with Crippen molar-refractivity contribution in [1.82, 2.24) is 15.3 Å². The summed E-state index contributed by atoms with van der Waals surface area (Å²) in [5.41, 5.74) is 1.37. The van der Waals surface area contributed by atoms with E-state index < -0.39 is 0 Å². The fourth-order valence-electron chi connectivity index (χ4n) is 2.50. The number of rotatable bonds is 4. The molecule has 1 aromatic carbocycles. The molecule has 25 heavy (non-hydrogen) atoms. The van der Waals surface area contributed by atoms with Gasteiger partial charge in [0.15, 0.2) is 0 Å². The molecule has 0 saturated carbocycles. The van der Waals surface area contributed by atoms with Crippen molar-refractivity contribution in [2.24, 2.45) is 0 Å². The fraction of sp³-hybridized carbons (Fsp3) is 0.167. The number of H-pyrrole nitrogens is 1. The van der Waals surface area contributed by atoms with Gasteiger partial charge < -0.3 is 14.7 Å². The van der Waals surface area contributed by atoms with Gasteiger partial charge in [0, 0.05) is 11.6 Å². The van der Waals surface area contributed by atoms with Crippen LogP contribution < -0.4 is 10.9 Å². The van der Waals surface area contributed by atoms with Gasteiger partial charge in [-0.3, -0.25) is 9.59 Å². The molecular formula is C18H16ClN3O3. The molecule has 3 aromatic rings. The zero-order valence-corrected chi connectivity index (χ0v) is 14.5. The van der Waals surface area contributed by atoms with Gasteiger partial charge in [0.1, 0.15) is 17.3 Å². The zero-order valence-electron chi connectivity index (χ0n) is 13.7. The number of aromatic amines is 1. The molecule has 0 aliphatic rings. The van der Waals surface area contributed by atoms with Gasteiger partial charge in [-0.2, -0.15) is 0 Å². The molecule has 1 amide bonds. The van der Waals surface area contributed by atoms with Crippen LogP contribution in [0.3, 0.4) is 0 Å². The fourth-order valence-corrected chi connectivity index (χ4v) is 2.73. The molecule has 2 heterocycles. The number of aryl methyl sites for hydroxylation is 2. The molecule has 0 aliphatic heterocycles. The highest BCUT2D eigenvalue weighted by atomic mass is 35.5. The first-order valence-electron chi connectivity index (χ1n) is 7.64. The minimum Gasteiger partial charge on any atom is -0.460 e. The van der Waals surface area contributed by atoms with Crippen molar-refractivity contribution in [3.05, 3.63) is 74.6 Å². The van der Waals surface area contributed by atoms with Crippen LogP contribution in [0.25, 0.3) is 11.3 Å². The minimum atomic E-state index is -0.306. The molecule has 0 aliphatic carbocycles. The van der Waals surface area contributed by atoms with E-state index in [0.717, 1.165) is 5.56 Å². The van der Waals surface area contributed by atoms with Crippen molar-refractivity contribution < 1.29 is 9.21 Å². The van der Waals surface area contributed by atoms with Crippen LogP contribution in [-0.2, 0) is 6.54 Å². The molecule has 0 radical (unpaired) electrons. The third kappa shape index (κ3) is 3.80. The Kier molecular flexibility index (Phi) is 4.72. The Hall–Kier alpha value is -2.86. The molecule has 0 spiro atoms. The second-order valence-electron chi connectivity index (χ2n) is 5.57. The van der Waals surface area contributed by atoms with Crippen molar-refractivity contribution in [3.8, 4) is 11.3 Å². The lowest BCUT2D eigenvalue weighted by Gasteiger charge is -2.04. The molecule has 7 heteroatoms. The Morgan fingerprint density at radius 1 is 1.28 bits per heavy atom. The Labute approximate surface area is 148 Å². The maximum atomic E-state index is 12.4. The summed E-state index contributed by atoms with van der Waals surface area (Å²) in [6.07, 6.45) is 0. The second-order valence-corrected chi connectivity index (χ2v) is 5.97. The Morgan fingerprint density at radius 3 is 2.76 bits per heavy atom. The van der Waals surface area contributed by atoms with E-state index in [4.69, 9.17) is 16.0 Å². The normalized spacial score (nSPS) is 10.7. The summed E-state index contributed by atoms with van der Waals surface area (Å²) < 4.78 is 5.68. The molecule has 0 saturated heterocycles. The van der Waals surface area contributed by atoms with E-state index in [2.05, 4.69) is 15.3 Å². The number of furan rings is 1. The summed E-state index contributed by atoms with van der Waals surface area (Å²) in [5.74, 6) is 1.21. The summed E-state index contributed by atoms with van der Waals surface area (Å²) >= 11 is 6.17. The molecule has 2 aromatic heterocycles. The smallest absolute Gasteiger partial charge is 0.255 e. The van der Waals surface area contributed by atoms with Crippen LogP contribution in [0.15, 0.2) is 45.6 Å². The quantitative estimate of drug-likeness (QED) is 0.750. The maximum Gasteiger partial charge on any atom is 0.255 e. The molecule has 0 atom stereocenters. The second kappa shape index (κ2) is 6.94. The van der Waals surface area contributed by atoms with Crippen molar-refractivity contribution in [2.45, 2.75) is 20.4 Å². The van der Waals surface area contributed by atoms with Gasteiger partial charge in [0.05, 0.1) is 22.8 Å². The monoisotopic (exact) mass is 357 g/mol. The van der Waals surface area contributed by atoms with E-state index >= 15 is 0 Å². The Morgan fingerprint density at radius 2 is 2.04 bits per heavy atom. The first kappa shape index (κ1) is 17.0. The van der Waals surface area contributed by atoms with E-state index in [9.17, 15) is 9.59 Å². The van der Waals surface area contributed by atoms with Crippen LogP contribution >= 0.6 is 11.6 Å². The van der Waals surface area contributed by atoms with Crippen LogP contribution in [0.2, 0.25) is 5.02 Å². The van der Waals surface area contributed by atoms with E-state index in [1.807, 2.05) is 18.2 Å². The topological polar surface area (TPSA) is 88.0 Å². The number of hydrogen-bond acceptors (Lipinski definition) is 4. The van der Waals surface area contributed by atoms with Gasteiger partial charge in [-0.25, -0.2) is 4.98 Å². The number of hydrogen-bond donors (Lipinski definition) is 2. The average Bonchev–Trinajstić information content (AvgIpc) is 2.94. The van der Waals surface area contributed by atoms with Crippen LogP contribution in [0.5, 0.6) is 0 Å². The van der Waals surface area contributed by atoms with Crippen molar-refractivity contribution in [2.75, 3.05) is 0 Å². The van der Waals surface area contributed by atoms with E-state index in [1.54, 1.807) is 26.0 Å².